The number of fused-ring (bicyclic) bond motifs is 1. The first kappa shape index (κ1) is 18.3. The second-order valence-electron chi connectivity index (χ2n) is 7.48. The Morgan fingerprint density at radius 1 is 1.21 bits per heavy atom. The molecule has 8 heteroatoms. The van der Waals surface area contributed by atoms with Crippen LogP contribution in [0.15, 0.2) is 35.1 Å². The number of nitrogens with one attached hydrogen (secondary N) is 2. The van der Waals surface area contributed by atoms with Crippen LogP contribution in [0, 0.1) is 11.8 Å². The van der Waals surface area contributed by atoms with Gasteiger partial charge < -0.3 is 20.7 Å². The minimum absolute atomic E-state index is 0.120. The summed E-state index contributed by atoms with van der Waals surface area (Å²) in [7, 11) is 0. The van der Waals surface area contributed by atoms with Crippen molar-refractivity contribution in [1.82, 2.24) is 9.97 Å². The van der Waals surface area contributed by atoms with Crippen molar-refractivity contribution >= 4 is 23.4 Å². The minimum Gasteiger partial charge on any atom is -0.462 e. The van der Waals surface area contributed by atoms with E-state index in [0.717, 1.165) is 32.2 Å². The van der Waals surface area contributed by atoms with Crippen LogP contribution in [0.5, 0.6) is 0 Å². The maximum Gasteiger partial charge on any atom is 0.338 e. The zero-order chi connectivity index (χ0) is 19.5. The van der Waals surface area contributed by atoms with E-state index < -0.39 is 0 Å². The Kier molecular flexibility index (Phi) is 5.18. The number of benzene rings is 1. The molecule has 28 heavy (non-hydrogen) atoms. The monoisotopic (exact) mass is 383 g/mol. The maximum absolute atomic E-state index is 12.3. The Bertz CT molecular complexity index is 898. The number of esters is 1. The van der Waals surface area contributed by atoms with Crippen LogP contribution in [0.25, 0.3) is 0 Å². The highest BCUT2D eigenvalue weighted by molar-refractivity contribution is 5.89. The average molecular weight is 383 g/mol. The molecule has 4 rings (SSSR count). The predicted octanol–water partition coefficient (Wildman–Crippen LogP) is 2.20. The van der Waals surface area contributed by atoms with Crippen LogP contribution in [-0.4, -0.2) is 35.8 Å². The molecule has 2 atom stereocenters. The molecule has 1 aromatic carbocycles. The van der Waals surface area contributed by atoms with Gasteiger partial charge >= 0.3 is 5.97 Å². The lowest BCUT2D eigenvalue weighted by Crippen LogP contribution is -2.36. The van der Waals surface area contributed by atoms with Gasteiger partial charge in [0.25, 0.3) is 5.56 Å². The molecule has 1 aromatic heterocycles. The number of anilines is 3. The molecule has 1 saturated carbocycles. The van der Waals surface area contributed by atoms with Crippen LogP contribution < -0.4 is 21.5 Å². The van der Waals surface area contributed by atoms with Crippen molar-refractivity contribution in [3.05, 3.63) is 46.2 Å². The molecular formula is C20H25N5O3. The van der Waals surface area contributed by atoms with Crippen molar-refractivity contribution in [1.29, 1.82) is 0 Å². The number of hydrogen-bond donors (Lipinski definition) is 3. The third-order valence-electron chi connectivity index (χ3n) is 5.62. The zero-order valence-electron chi connectivity index (χ0n) is 15.7. The van der Waals surface area contributed by atoms with Crippen LogP contribution in [0.2, 0.25) is 0 Å². The number of hydrogen-bond acceptors (Lipinski definition) is 7. The van der Waals surface area contributed by atoms with Gasteiger partial charge in [0.1, 0.15) is 5.69 Å². The molecule has 2 heterocycles. The second kappa shape index (κ2) is 7.92. The number of aromatic amines is 1. The van der Waals surface area contributed by atoms with E-state index >= 15 is 0 Å². The van der Waals surface area contributed by atoms with Crippen molar-refractivity contribution in [2.45, 2.75) is 25.7 Å². The van der Waals surface area contributed by atoms with Crippen LogP contribution in [-0.2, 0) is 4.74 Å². The molecular weight excluding hydrogens is 358 g/mol. The number of carbonyl (C=O) groups excluding carboxylic acids is 1. The molecule has 8 nitrogen and oxygen atoms in total. The van der Waals surface area contributed by atoms with E-state index in [-0.39, 0.29) is 17.5 Å². The zero-order valence-corrected chi connectivity index (χ0v) is 15.7. The van der Waals surface area contributed by atoms with Crippen molar-refractivity contribution in [3.8, 4) is 0 Å². The van der Waals surface area contributed by atoms with E-state index in [4.69, 9.17) is 10.5 Å². The van der Waals surface area contributed by atoms with Gasteiger partial charge in [-0.25, -0.2) is 4.79 Å². The fourth-order valence-electron chi connectivity index (χ4n) is 4.13. The van der Waals surface area contributed by atoms with E-state index in [0.29, 0.717) is 42.2 Å². The van der Waals surface area contributed by atoms with Gasteiger partial charge in [-0.1, -0.05) is 31.0 Å². The van der Waals surface area contributed by atoms with Crippen molar-refractivity contribution in [2.24, 2.45) is 11.8 Å². The molecule has 0 saturated heterocycles. The van der Waals surface area contributed by atoms with Gasteiger partial charge in [0.2, 0.25) is 5.95 Å². The quantitative estimate of drug-likeness (QED) is 0.678. The SMILES string of the molecule is Nc1nc2c(c(=O)[nH]1)NCN2CC1CCCCC1COC(=O)c1ccccc1. The summed E-state index contributed by atoms with van der Waals surface area (Å²) >= 11 is 0. The molecule has 0 radical (unpaired) electrons. The summed E-state index contributed by atoms with van der Waals surface area (Å²) in [6.07, 6.45) is 4.40. The highest BCUT2D eigenvalue weighted by Crippen LogP contribution is 2.34. The first-order valence-electron chi connectivity index (χ1n) is 9.72. The van der Waals surface area contributed by atoms with Crippen molar-refractivity contribution in [3.63, 3.8) is 0 Å². The third kappa shape index (κ3) is 3.81. The lowest BCUT2D eigenvalue weighted by Gasteiger charge is -2.34. The first-order chi connectivity index (χ1) is 13.6. The molecule has 2 aromatic rings. The van der Waals surface area contributed by atoms with E-state index in [1.807, 2.05) is 18.2 Å². The van der Waals surface area contributed by atoms with Crippen molar-refractivity contribution < 1.29 is 9.53 Å². The molecule has 0 spiro atoms. The normalized spacial score (nSPS) is 21.1. The van der Waals surface area contributed by atoms with Gasteiger partial charge in [0.15, 0.2) is 5.82 Å². The van der Waals surface area contributed by atoms with Gasteiger partial charge in [0, 0.05) is 6.54 Å². The summed E-state index contributed by atoms with van der Waals surface area (Å²) in [6.45, 7) is 1.70. The standard InChI is InChI=1S/C20H25N5O3/c21-20-23-17-16(18(26)24-20)22-12-25(17)10-14-8-4-5-9-15(14)11-28-19(27)13-6-2-1-3-7-13/h1-3,6-7,14-15,22H,4-5,8-12H2,(H3,21,23,24,26). The Morgan fingerprint density at radius 2 is 1.96 bits per heavy atom. The fraction of sp³-hybridized carbons (Fsp3) is 0.450. The molecule has 148 valence electrons. The Labute approximate surface area is 163 Å². The lowest BCUT2D eigenvalue weighted by molar-refractivity contribution is 0.0347. The van der Waals surface area contributed by atoms with E-state index in [9.17, 15) is 9.59 Å². The summed E-state index contributed by atoms with van der Waals surface area (Å²) in [5.74, 6) is 1.11. The molecule has 4 N–H and O–H groups in total. The topological polar surface area (TPSA) is 113 Å². The Morgan fingerprint density at radius 3 is 2.75 bits per heavy atom. The van der Waals surface area contributed by atoms with Crippen LogP contribution >= 0.6 is 0 Å². The lowest BCUT2D eigenvalue weighted by atomic mass is 9.79. The number of rotatable bonds is 5. The van der Waals surface area contributed by atoms with Gasteiger partial charge in [0.05, 0.1) is 18.8 Å². The summed E-state index contributed by atoms with van der Waals surface area (Å²) in [4.78, 5) is 33.2. The summed E-state index contributed by atoms with van der Waals surface area (Å²) in [5, 5.41) is 3.10. The Hall–Kier alpha value is -3.03. The van der Waals surface area contributed by atoms with Crippen LogP contribution in [0.3, 0.4) is 0 Å². The van der Waals surface area contributed by atoms with Crippen molar-refractivity contribution in [2.75, 3.05) is 35.8 Å². The van der Waals surface area contributed by atoms with E-state index in [2.05, 4.69) is 20.2 Å². The Balaban J connectivity index is 1.41. The number of nitrogens with two attached hydrogens (primary N) is 1. The number of ether oxygens (including phenoxy) is 1. The first-order valence-corrected chi connectivity index (χ1v) is 9.72. The molecule has 1 fully saturated rings. The molecule has 0 bridgehead atoms. The van der Waals surface area contributed by atoms with E-state index in [1.165, 1.54) is 0 Å². The smallest absolute Gasteiger partial charge is 0.338 e. The molecule has 1 aliphatic heterocycles. The summed E-state index contributed by atoms with van der Waals surface area (Å²) in [6, 6.07) is 9.07. The molecule has 0 amide bonds. The van der Waals surface area contributed by atoms with Gasteiger partial charge in [-0.05, 0) is 36.8 Å². The average Bonchev–Trinajstić information content (AvgIpc) is 3.10. The van der Waals surface area contributed by atoms with Crippen LogP contribution in [0.1, 0.15) is 36.0 Å². The number of nitrogens with zero attached hydrogens (tertiary/aromatic N) is 2. The van der Waals surface area contributed by atoms with Gasteiger partial charge in [-0.15, -0.1) is 0 Å². The molecule has 1 aliphatic carbocycles. The molecule has 2 aliphatic rings. The largest absolute Gasteiger partial charge is 0.462 e. The number of H-pyrrole nitrogens is 1. The van der Waals surface area contributed by atoms with Gasteiger partial charge in [-0.3, -0.25) is 9.78 Å². The number of aromatic nitrogens is 2. The van der Waals surface area contributed by atoms with Gasteiger partial charge in [-0.2, -0.15) is 4.98 Å². The number of carbonyl (C=O) groups is 1. The summed E-state index contributed by atoms with van der Waals surface area (Å²) < 4.78 is 5.61. The van der Waals surface area contributed by atoms with Crippen LogP contribution in [0.4, 0.5) is 17.5 Å². The minimum atomic E-state index is -0.279. The summed E-state index contributed by atoms with van der Waals surface area (Å²) in [5.41, 5.74) is 6.51. The third-order valence-corrected chi connectivity index (χ3v) is 5.62. The fourth-order valence-corrected chi connectivity index (χ4v) is 4.13. The second-order valence-corrected chi connectivity index (χ2v) is 7.48. The highest BCUT2D eigenvalue weighted by Gasteiger charge is 2.32. The predicted molar refractivity (Wildman–Crippen MR) is 107 cm³/mol. The van der Waals surface area contributed by atoms with E-state index in [1.54, 1.807) is 12.1 Å². The number of nitrogen functional groups attached to an aromatic ring is 1. The maximum atomic E-state index is 12.3. The molecule has 2 unspecified atom stereocenters. The highest BCUT2D eigenvalue weighted by atomic mass is 16.5.